The summed E-state index contributed by atoms with van der Waals surface area (Å²) in [5, 5.41) is 5.82. The number of hydrogen-bond acceptors (Lipinski definition) is 5. The van der Waals surface area contributed by atoms with Gasteiger partial charge < -0.3 is 19.9 Å². The van der Waals surface area contributed by atoms with Crippen LogP contribution < -0.4 is 15.5 Å². The first-order valence-corrected chi connectivity index (χ1v) is 12.8. The molecule has 0 unspecified atom stereocenters. The highest BCUT2D eigenvalue weighted by molar-refractivity contribution is 5.99. The topological polar surface area (TPSA) is 99.6 Å². The first-order chi connectivity index (χ1) is 18.7. The van der Waals surface area contributed by atoms with Crippen molar-refractivity contribution in [2.45, 2.75) is 13.3 Å². The van der Waals surface area contributed by atoms with Crippen LogP contribution in [0.25, 0.3) is 28.0 Å². The summed E-state index contributed by atoms with van der Waals surface area (Å²) in [4.78, 5) is 27.2. The average molecular weight is 508 g/mol. The lowest BCUT2D eigenvalue weighted by Gasteiger charge is -2.29. The molecule has 1 aromatic carbocycles. The lowest BCUT2D eigenvalue weighted by Crippen LogP contribution is -2.37. The highest BCUT2D eigenvalue weighted by atomic mass is 16.5. The van der Waals surface area contributed by atoms with Crippen LogP contribution in [0.15, 0.2) is 79.3 Å². The quantitative estimate of drug-likeness (QED) is 0.284. The van der Waals surface area contributed by atoms with E-state index in [1.165, 1.54) is 0 Å². The van der Waals surface area contributed by atoms with Crippen molar-refractivity contribution in [2.24, 2.45) is 0 Å². The maximum Gasteiger partial charge on any atom is 0.324 e. The molecule has 0 spiro atoms. The molecule has 4 aromatic heterocycles. The summed E-state index contributed by atoms with van der Waals surface area (Å²) in [6, 6.07) is 19.4. The molecule has 3 N–H and O–H groups in total. The summed E-state index contributed by atoms with van der Waals surface area (Å²) < 4.78 is 7.63. The van der Waals surface area contributed by atoms with Gasteiger partial charge in [-0.2, -0.15) is 0 Å². The Bertz CT molecular complexity index is 1550. The fourth-order valence-corrected chi connectivity index (χ4v) is 4.83. The normalized spacial score (nSPS) is 13.6. The Morgan fingerprint density at radius 3 is 2.55 bits per heavy atom. The van der Waals surface area contributed by atoms with Gasteiger partial charge in [0.1, 0.15) is 17.3 Å². The molecule has 5 aromatic rings. The van der Waals surface area contributed by atoms with E-state index < -0.39 is 0 Å². The molecule has 1 aliphatic heterocycles. The van der Waals surface area contributed by atoms with Gasteiger partial charge in [0.25, 0.3) is 0 Å². The van der Waals surface area contributed by atoms with Crippen LogP contribution in [0.3, 0.4) is 0 Å². The van der Waals surface area contributed by atoms with Crippen LogP contribution in [0.4, 0.5) is 22.1 Å². The van der Waals surface area contributed by atoms with Gasteiger partial charge in [0.05, 0.1) is 18.9 Å². The fraction of sp³-hybridized carbons (Fsp3) is 0.207. The molecular weight excluding hydrogens is 478 g/mol. The highest BCUT2D eigenvalue weighted by Crippen LogP contribution is 2.28. The van der Waals surface area contributed by atoms with E-state index in [1.54, 1.807) is 12.4 Å². The molecule has 38 heavy (non-hydrogen) atoms. The number of carbonyl (C=O) groups is 1. The number of nitrogens with one attached hydrogen (secondary N) is 3. The van der Waals surface area contributed by atoms with Crippen molar-refractivity contribution < 1.29 is 9.53 Å². The van der Waals surface area contributed by atoms with Gasteiger partial charge in [-0.25, -0.2) is 9.78 Å². The van der Waals surface area contributed by atoms with E-state index in [0.717, 1.165) is 72.3 Å². The van der Waals surface area contributed by atoms with Gasteiger partial charge >= 0.3 is 6.03 Å². The Morgan fingerprint density at radius 1 is 1.00 bits per heavy atom. The summed E-state index contributed by atoms with van der Waals surface area (Å²) in [5.41, 5.74) is 6.62. The van der Waals surface area contributed by atoms with Gasteiger partial charge in [0.15, 0.2) is 0 Å². The minimum atomic E-state index is -0.314. The molecule has 0 saturated carbocycles. The number of rotatable bonds is 6. The second-order valence-corrected chi connectivity index (χ2v) is 9.16. The van der Waals surface area contributed by atoms with E-state index in [1.807, 2.05) is 54.6 Å². The number of carbonyl (C=O) groups excluding carboxylic acids is 1. The number of hydrogen-bond donors (Lipinski definition) is 3. The molecule has 1 saturated heterocycles. The zero-order chi connectivity index (χ0) is 25.9. The summed E-state index contributed by atoms with van der Waals surface area (Å²) in [5.74, 6) is 1.76. The Labute approximate surface area is 220 Å². The third-order valence-corrected chi connectivity index (χ3v) is 6.74. The van der Waals surface area contributed by atoms with Crippen LogP contribution in [0, 0.1) is 0 Å². The van der Waals surface area contributed by atoms with E-state index in [2.05, 4.69) is 49.1 Å². The smallest absolute Gasteiger partial charge is 0.324 e. The monoisotopic (exact) mass is 507 g/mol. The van der Waals surface area contributed by atoms with Crippen molar-refractivity contribution >= 4 is 29.0 Å². The number of nitrogens with zero attached hydrogens (tertiary/aromatic N) is 4. The van der Waals surface area contributed by atoms with Crippen molar-refractivity contribution in [1.82, 2.24) is 19.4 Å². The number of aromatic nitrogens is 4. The number of pyridine rings is 2. The lowest BCUT2D eigenvalue weighted by molar-refractivity contribution is 0.122. The first kappa shape index (κ1) is 23.7. The van der Waals surface area contributed by atoms with E-state index >= 15 is 0 Å². The van der Waals surface area contributed by atoms with Gasteiger partial charge in [-0.3, -0.25) is 14.7 Å². The molecule has 5 heterocycles. The number of anilines is 3. The maximum absolute atomic E-state index is 12.7. The number of fused-ring (bicyclic) bond motifs is 1. The third kappa shape index (κ3) is 4.83. The number of morpholine rings is 1. The molecule has 6 rings (SSSR count). The summed E-state index contributed by atoms with van der Waals surface area (Å²) in [6.07, 6.45) is 6.41. The largest absolute Gasteiger partial charge is 0.378 e. The predicted molar refractivity (Wildman–Crippen MR) is 150 cm³/mol. The number of benzene rings is 1. The molecule has 0 aliphatic carbocycles. The molecular formula is C29H29N7O2. The van der Waals surface area contributed by atoms with Gasteiger partial charge in [-0.05, 0) is 54.4 Å². The van der Waals surface area contributed by atoms with Crippen molar-refractivity contribution in [2.75, 3.05) is 41.8 Å². The molecule has 0 radical (unpaired) electrons. The minimum absolute atomic E-state index is 0.314. The van der Waals surface area contributed by atoms with Crippen LogP contribution in [0.2, 0.25) is 0 Å². The molecule has 1 fully saturated rings. The van der Waals surface area contributed by atoms with E-state index in [9.17, 15) is 4.79 Å². The van der Waals surface area contributed by atoms with Crippen LogP contribution in [0.5, 0.6) is 0 Å². The van der Waals surface area contributed by atoms with Gasteiger partial charge in [0.2, 0.25) is 0 Å². The summed E-state index contributed by atoms with van der Waals surface area (Å²) in [6.45, 7) is 5.27. The second-order valence-electron chi connectivity index (χ2n) is 9.16. The number of imidazole rings is 1. The zero-order valence-electron chi connectivity index (χ0n) is 21.1. The van der Waals surface area contributed by atoms with E-state index in [4.69, 9.17) is 9.72 Å². The number of aromatic amines is 1. The van der Waals surface area contributed by atoms with Crippen molar-refractivity contribution in [3.05, 3.63) is 84.9 Å². The Balaban J connectivity index is 1.15. The third-order valence-electron chi connectivity index (χ3n) is 6.74. The van der Waals surface area contributed by atoms with Crippen LogP contribution in [-0.2, 0) is 11.2 Å². The second kappa shape index (κ2) is 10.4. The van der Waals surface area contributed by atoms with Gasteiger partial charge in [-0.1, -0.05) is 25.1 Å². The van der Waals surface area contributed by atoms with Gasteiger partial charge in [-0.15, -0.1) is 0 Å². The van der Waals surface area contributed by atoms with Gasteiger partial charge in [0, 0.05) is 54.2 Å². The Kier molecular flexibility index (Phi) is 6.49. The molecule has 192 valence electrons. The lowest BCUT2D eigenvalue weighted by atomic mass is 10.1. The number of aryl methyl sites for hydroxylation is 1. The Morgan fingerprint density at radius 2 is 1.79 bits per heavy atom. The van der Waals surface area contributed by atoms with Crippen molar-refractivity contribution in [1.29, 1.82) is 0 Å². The molecule has 0 atom stereocenters. The number of urea groups is 1. The van der Waals surface area contributed by atoms with E-state index in [0.29, 0.717) is 11.5 Å². The highest BCUT2D eigenvalue weighted by Gasteiger charge is 2.16. The molecule has 2 amide bonds. The summed E-state index contributed by atoms with van der Waals surface area (Å²) >= 11 is 0. The molecule has 1 aliphatic rings. The van der Waals surface area contributed by atoms with Crippen LogP contribution in [0.1, 0.15) is 12.6 Å². The number of amides is 2. The SMILES string of the molecule is CCc1[nH]c(NC(=O)Nc2ccc(-c3cn4c(N5CCOCC5)cccc4n3)cc2)cc1-c1ccncc1. The number of H-pyrrole nitrogens is 1. The standard InChI is InChI=1S/C29H29N7O2/c1-2-24-23(20-10-12-30-13-11-20)18-26(32-24)34-29(37)31-22-8-6-21(7-9-22)25-19-36-27(33-25)4-3-5-28(36)35-14-16-38-17-15-35/h3-13,18-19,32H,2,14-17H2,1H3,(H2,31,34,37). The van der Waals surface area contributed by atoms with Crippen molar-refractivity contribution in [3.63, 3.8) is 0 Å². The van der Waals surface area contributed by atoms with Crippen molar-refractivity contribution in [3.8, 4) is 22.4 Å². The predicted octanol–water partition coefficient (Wildman–Crippen LogP) is 5.43. The average Bonchev–Trinajstić information content (AvgIpc) is 3.58. The number of ether oxygens (including phenoxy) is 1. The Hall–Kier alpha value is -4.63. The maximum atomic E-state index is 12.7. The summed E-state index contributed by atoms with van der Waals surface area (Å²) in [7, 11) is 0. The minimum Gasteiger partial charge on any atom is -0.378 e. The zero-order valence-corrected chi connectivity index (χ0v) is 21.1. The van der Waals surface area contributed by atoms with Crippen LogP contribution in [-0.4, -0.2) is 51.7 Å². The first-order valence-electron chi connectivity index (χ1n) is 12.8. The molecule has 0 bridgehead atoms. The fourth-order valence-electron chi connectivity index (χ4n) is 4.83. The molecule has 9 nitrogen and oxygen atoms in total. The van der Waals surface area contributed by atoms with E-state index in [-0.39, 0.29) is 6.03 Å². The molecule has 9 heteroatoms. The van der Waals surface area contributed by atoms with Crippen LogP contribution >= 0.6 is 0 Å².